The minimum atomic E-state index is -0.171. The minimum Gasteiger partial charge on any atom is -0.459 e. The fourth-order valence-corrected chi connectivity index (χ4v) is 3.12. The smallest absolute Gasteiger partial charge is 0.286 e. The van der Waals surface area contributed by atoms with E-state index in [-0.39, 0.29) is 5.91 Å². The van der Waals surface area contributed by atoms with Gasteiger partial charge in [-0.25, -0.2) is 4.98 Å². The van der Waals surface area contributed by atoms with E-state index >= 15 is 0 Å². The van der Waals surface area contributed by atoms with E-state index in [2.05, 4.69) is 21.8 Å². The molecule has 0 atom stereocenters. The Morgan fingerprint density at radius 2 is 2.29 bits per heavy atom. The fourth-order valence-electron chi connectivity index (χ4n) is 3.12. The van der Waals surface area contributed by atoms with Crippen LogP contribution in [0.5, 0.6) is 0 Å². The first kappa shape index (κ1) is 13.9. The van der Waals surface area contributed by atoms with Gasteiger partial charge in [0.05, 0.1) is 6.26 Å². The first-order chi connectivity index (χ1) is 10.3. The molecule has 2 aromatic rings. The molecular formula is C16H21N3O2. The van der Waals surface area contributed by atoms with Crippen molar-refractivity contribution in [2.45, 2.75) is 45.1 Å². The maximum Gasteiger partial charge on any atom is 0.286 e. The van der Waals surface area contributed by atoms with Crippen LogP contribution in [0.25, 0.3) is 0 Å². The van der Waals surface area contributed by atoms with Gasteiger partial charge in [0.1, 0.15) is 5.82 Å². The quantitative estimate of drug-likeness (QED) is 0.920. The highest BCUT2D eigenvalue weighted by Gasteiger charge is 2.21. The summed E-state index contributed by atoms with van der Waals surface area (Å²) < 4.78 is 7.43. The first-order valence-electron chi connectivity index (χ1n) is 7.60. The number of carbonyl (C=O) groups excluding carboxylic acids is 1. The Labute approximate surface area is 124 Å². The number of rotatable bonds is 5. The number of nitrogens with zero attached hydrogens (tertiary/aromatic N) is 2. The number of hydrogen-bond donors (Lipinski definition) is 1. The standard InChI is InChI=1S/C16H21N3O2/c1-12-11-18-15(19(12)13-5-2-3-6-13)8-9-17-16(20)14-7-4-10-21-14/h4,7,10-11,13H,2-3,5-6,8-9H2,1H3,(H,17,20). The van der Waals surface area contributed by atoms with E-state index in [9.17, 15) is 4.79 Å². The maximum atomic E-state index is 11.8. The molecule has 1 amide bonds. The third kappa shape index (κ3) is 3.01. The van der Waals surface area contributed by atoms with E-state index < -0.39 is 0 Å². The lowest BCUT2D eigenvalue weighted by Gasteiger charge is -2.17. The van der Waals surface area contributed by atoms with E-state index in [1.807, 2.05) is 6.20 Å². The van der Waals surface area contributed by atoms with Crippen LogP contribution in [-0.2, 0) is 6.42 Å². The van der Waals surface area contributed by atoms with Crippen LogP contribution in [-0.4, -0.2) is 22.0 Å². The van der Waals surface area contributed by atoms with E-state index in [1.165, 1.54) is 37.6 Å². The average Bonchev–Trinajstić information content (AvgIpc) is 3.19. The molecule has 21 heavy (non-hydrogen) atoms. The van der Waals surface area contributed by atoms with Crippen LogP contribution < -0.4 is 5.32 Å². The van der Waals surface area contributed by atoms with Gasteiger partial charge in [-0.1, -0.05) is 12.8 Å². The Hall–Kier alpha value is -2.04. The normalized spacial score (nSPS) is 15.5. The van der Waals surface area contributed by atoms with Crippen molar-refractivity contribution in [3.8, 4) is 0 Å². The summed E-state index contributed by atoms with van der Waals surface area (Å²) >= 11 is 0. The molecule has 0 radical (unpaired) electrons. The van der Waals surface area contributed by atoms with Gasteiger partial charge in [-0.15, -0.1) is 0 Å². The summed E-state index contributed by atoms with van der Waals surface area (Å²) in [5.41, 5.74) is 1.22. The SMILES string of the molecule is Cc1cnc(CCNC(=O)c2ccco2)n1C1CCCC1. The number of carbonyl (C=O) groups is 1. The van der Waals surface area contributed by atoms with Crippen LogP contribution in [0.3, 0.4) is 0 Å². The Morgan fingerprint density at radius 3 is 3.00 bits per heavy atom. The molecule has 5 heteroatoms. The highest BCUT2D eigenvalue weighted by molar-refractivity contribution is 5.91. The molecule has 0 spiro atoms. The lowest BCUT2D eigenvalue weighted by atomic mass is 10.2. The number of furan rings is 1. The van der Waals surface area contributed by atoms with Gasteiger partial charge in [-0.05, 0) is 31.9 Å². The summed E-state index contributed by atoms with van der Waals surface area (Å²) in [4.78, 5) is 16.3. The van der Waals surface area contributed by atoms with Crippen LogP contribution >= 0.6 is 0 Å². The van der Waals surface area contributed by atoms with Gasteiger partial charge >= 0.3 is 0 Å². The molecule has 0 saturated heterocycles. The molecule has 1 aliphatic rings. The molecule has 1 fully saturated rings. The molecule has 2 heterocycles. The monoisotopic (exact) mass is 287 g/mol. The number of aryl methyl sites for hydroxylation is 1. The summed E-state index contributed by atoms with van der Waals surface area (Å²) in [5.74, 6) is 1.25. The van der Waals surface area contributed by atoms with Crippen LogP contribution in [0.15, 0.2) is 29.0 Å². The molecule has 1 saturated carbocycles. The summed E-state index contributed by atoms with van der Waals surface area (Å²) in [6.07, 6.45) is 9.27. The average molecular weight is 287 g/mol. The van der Waals surface area contributed by atoms with Crippen molar-refractivity contribution in [2.24, 2.45) is 0 Å². The van der Waals surface area contributed by atoms with Gasteiger partial charge in [-0.3, -0.25) is 4.79 Å². The second-order valence-corrected chi connectivity index (χ2v) is 5.61. The van der Waals surface area contributed by atoms with Crippen molar-refractivity contribution in [2.75, 3.05) is 6.54 Å². The molecule has 1 N–H and O–H groups in total. The molecule has 5 nitrogen and oxygen atoms in total. The van der Waals surface area contributed by atoms with Crippen molar-refractivity contribution in [1.82, 2.24) is 14.9 Å². The third-order valence-corrected chi connectivity index (χ3v) is 4.13. The predicted octanol–water partition coefficient (Wildman–Crippen LogP) is 2.87. The molecular weight excluding hydrogens is 266 g/mol. The molecule has 0 aromatic carbocycles. The second-order valence-electron chi connectivity index (χ2n) is 5.61. The van der Waals surface area contributed by atoms with E-state index in [1.54, 1.807) is 12.1 Å². The number of imidazole rings is 1. The Kier molecular flexibility index (Phi) is 4.08. The van der Waals surface area contributed by atoms with Gasteiger partial charge in [-0.2, -0.15) is 0 Å². The lowest BCUT2D eigenvalue weighted by molar-refractivity contribution is 0.0926. The highest BCUT2D eigenvalue weighted by Crippen LogP contribution is 2.31. The van der Waals surface area contributed by atoms with Gasteiger partial charge in [0.25, 0.3) is 5.91 Å². The molecule has 1 aliphatic carbocycles. The van der Waals surface area contributed by atoms with Crippen molar-refractivity contribution < 1.29 is 9.21 Å². The van der Waals surface area contributed by atoms with Crippen LogP contribution in [0.4, 0.5) is 0 Å². The van der Waals surface area contributed by atoms with E-state index in [0.717, 1.165) is 12.2 Å². The Morgan fingerprint density at radius 1 is 1.48 bits per heavy atom. The molecule has 2 aromatic heterocycles. The van der Waals surface area contributed by atoms with Gasteiger partial charge in [0, 0.05) is 30.9 Å². The molecule has 3 rings (SSSR count). The third-order valence-electron chi connectivity index (χ3n) is 4.13. The molecule has 112 valence electrons. The number of amides is 1. The maximum absolute atomic E-state index is 11.8. The Bertz CT molecular complexity index is 595. The van der Waals surface area contributed by atoms with Crippen molar-refractivity contribution in [3.63, 3.8) is 0 Å². The second kappa shape index (κ2) is 6.16. The fraction of sp³-hybridized carbons (Fsp3) is 0.500. The van der Waals surface area contributed by atoms with Crippen LogP contribution in [0, 0.1) is 6.92 Å². The van der Waals surface area contributed by atoms with E-state index in [0.29, 0.717) is 18.3 Å². The molecule has 0 aliphatic heterocycles. The topological polar surface area (TPSA) is 60.1 Å². The van der Waals surface area contributed by atoms with Gasteiger partial charge in [0.2, 0.25) is 0 Å². The van der Waals surface area contributed by atoms with Gasteiger partial charge in [0.15, 0.2) is 5.76 Å². The van der Waals surface area contributed by atoms with Crippen molar-refractivity contribution in [1.29, 1.82) is 0 Å². The zero-order chi connectivity index (χ0) is 14.7. The largest absolute Gasteiger partial charge is 0.459 e. The predicted molar refractivity (Wildman–Crippen MR) is 79.2 cm³/mol. The molecule has 0 unspecified atom stereocenters. The number of hydrogen-bond acceptors (Lipinski definition) is 3. The summed E-state index contributed by atoms with van der Waals surface area (Å²) in [6.45, 7) is 2.68. The summed E-state index contributed by atoms with van der Waals surface area (Å²) in [6, 6.07) is 3.97. The lowest BCUT2D eigenvalue weighted by Crippen LogP contribution is -2.26. The number of aromatic nitrogens is 2. The van der Waals surface area contributed by atoms with Crippen LogP contribution in [0.1, 0.15) is 53.8 Å². The van der Waals surface area contributed by atoms with Gasteiger partial charge < -0.3 is 14.3 Å². The number of nitrogens with one attached hydrogen (secondary N) is 1. The zero-order valence-electron chi connectivity index (χ0n) is 12.3. The summed E-state index contributed by atoms with van der Waals surface area (Å²) in [5, 5.41) is 2.87. The van der Waals surface area contributed by atoms with E-state index in [4.69, 9.17) is 4.42 Å². The van der Waals surface area contributed by atoms with Crippen molar-refractivity contribution in [3.05, 3.63) is 41.9 Å². The summed E-state index contributed by atoms with van der Waals surface area (Å²) in [7, 11) is 0. The van der Waals surface area contributed by atoms with Crippen molar-refractivity contribution >= 4 is 5.91 Å². The first-order valence-corrected chi connectivity index (χ1v) is 7.60. The zero-order valence-corrected chi connectivity index (χ0v) is 12.3. The Balaban J connectivity index is 1.59. The van der Waals surface area contributed by atoms with Crippen LogP contribution in [0.2, 0.25) is 0 Å². The highest BCUT2D eigenvalue weighted by atomic mass is 16.3. The molecule has 0 bridgehead atoms. The minimum absolute atomic E-state index is 0.171.